The first-order valence-electron chi connectivity index (χ1n) is 7.03. The van der Waals surface area contributed by atoms with E-state index in [2.05, 4.69) is 18.1 Å². The largest absolute Gasteiger partial charge is 0.513 e. The minimum absolute atomic E-state index is 0.301. The normalized spacial score (nSPS) is 13.0. The molecule has 0 fully saturated rings. The van der Waals surface area contributed by atoms with Crippen LogP contribution in [0.15, 0.2) is 0 Å². The molecule has 0 atom stereocenters. The molecule has 0 aliphatic carbocycles. The number of hydrogen-bond donors (Lipinski definition) is 1. The van der Waals surface area contributed by atoms with Crippen LogP contribution in [0.1, 0.15) is 55.4 Å². The summed E-state index contributed by atoms with van der Waals surface area (Å²) in [5, 5.41) is 0. The first kappa shape index (κ1) is 24.4. The molecule has 0 aromatic rings. The molecule has 0 spiro atoms. The highest BCUT2D eigenvalue weighted by Gasteiger charge is 2.26. The standard InChI is InChI=1S/C6H14FO3P.C6H15O4P/c2*1-5(2)9-11(7,8)10-6(3)4/h5-6H,1-4H3;5-6H,1-4H3,(H,7,8). The summed E-state index contributed by atoms with van der Waals surface area (Å²) in [5.74, 6) is 0. The average Bonchev–Trinajstić information content (AvgIpc) is 2.06. The second kappa shape index (κ2) is 10.9. The molecule has 0 saturated carbocycles. The van der Waals surface area contributed by atoms with Gasteiger partial charge in [-0.05, 0) is 55.4 Å². The van der Waals surface area contributed by atoms with Crippen LogP contribution in [-0.2, 0) is 27.2 Å². The molecule has 0 rings (SSSR count). The summed E-state index contributed by atoms with van der Waals surface area (Å²) in [5.41, 5.74) is 0. The lowest BCUT2D eigenvalue weighted by molar-refractivity contribution is 0.0983. The maximum absolute atomic E-state index is 12.7. The lowest BCUT2D eigenvalue weighted by Crippen LogP contribution is -2.06. The second-order valence-corrected chi connectivity index (χ2v) is 8.16. The van der Waals surface area contributed by atoms with Crippen LogP contribution in [0.25, 0.3) is 0 Å². The molecule has 0 amide bonds. The molecule has 0 aromatic heterocycles. The molecule has 22 heavy (non-hydrogen) atoms. The Morgan fingerprint density at radius 2 is 0.909 bits per heavy atom. The molecule has 0 aliphatic rings. The minimum Gasteiger partial charge on any atom is -0.302 e. The first-order valence-corrected chi connectivity index (χ1v) is 9.96. The third-order valence-electron chi connectivity index (χ3n) is 1.36. The predicted molar refractivity (Wildman–Crippen MR) is 83.4 cm³/mol. The van der Waals surface area contributed by atoms with Gasteiger partial charge in [0, 0.05) is 0 Å². The monoisotopic (exact) mass is 366 g/mol. The van der Waals surface area contributed by atoms with Crippen LogP contribution in [0.2, 0.25) is 0 Å². The topological polar surface area (TPSA) is 91.3 Å². The highest BCUT2D eigenvalue weighted by Crippen LogP contribution is 2.51. The van der Waals surface area contributed by atoms with E-state index in [0.29, 0.717) is 0 Å². The fourth-order valence-electron chi connectivity index (χ4n) is 1.09. The Kier molecular flexibility index (Phi) is 12.1. The van der Waals surface area contributed by atoms with Gasteiger partial charge in [-0.2, -0.15) is 0 Å². The summed E-state index contributed by atoms with van der Waals surface area (Å²) in [7, 11) is -8.11. The number of rotatable bonds is 8. The Balaban J connectivity index is 0. The average molecular weight is 366 g/mol. The summed E-state index contributed by atoms with van der Waals surface area (Å²) in [6.45, 7) is 13.1. The molecule has 7 nitrogen and oxygen atoms in total. The Bertz CT molecular complexity index is 322. The van der Waals surface area contributed by atoms with Crippen LogP contribution in [0.3, 0.4) is 0 Å². The smallest absolute Gasteiger partial charge is 0.302 e. The van der Waals surface area contributed by atoms with E-state index in [1.54, 1.807) is 55.4 Å². The van der Waals surface area contributed by atoms with E-state index in [0.717, 1.165) is 0 Å². The van der Waals surface area contributed by atoms with Gasteiger partial charge < -0.3 is 4.89 Å². The summed E-state index contributed by atoms with van der Waals surface area (Å²) in [4.78, 5) is 8.97. The quantitative estimate of drug-likeness (QED) is 0.614. The molecular formula is C12H29FO7P2. The molecule has 0 radical (unpaired) electrons. The zero-order valence-electron chi connectivity index (χ0n) is 14.5. The van der Waals surface area contributed by atoms with E-state index in [9.17, 15) is 13.3 Å². The predicted octanol–water partition coefficient (Wildman–Crippen LogP) is 4.85. The van der Waals surface area contributed by atoms with E-state index in [-0.39, 0.29) is 12.2 Å². The van der Waals surface area contributed by atoms with Crippen LogP contribution in [-0.4, -0.2) is 29.3 Å². The van der Waals surface area contributed by atoms with Crippen molar-refractivity contribution in [3.63, 3.8) is 0 Å². The summed E-state index contributed by atoms with van der Waals surface area (Å²) >= 11 is 0. The van der Waals surface area contributed by atoms with Gasteiger partial charge in [-0.25, -0.2) is 9.13 Å². The van der Waals surface area contributed by atoms with Crippen molar-refractivity contribution >= 4 is 15.7 Å². The Labute approximate surface area is 132 Å². The van der Waals surface area contributed by atoms with Crippen LogP contribution in [0.5, 0.6) is 0 Å². The highest BCUT2D eigenvalue weighted by molar-refractivity contribution is 7.48. The van der Waals surface area contributed by atoms with Crippen LogP contribution < -0.4 is 0 Å². The molecule has 0 heterocycles. The van der Waals surface area contributed by atoms with Crippen LogP contribution in [0.4, 0.5) is 4.20 Å². The van der Waals surface area contributed by atoms with Crippen molar-refractivity contribution in [2.75, 3.05) is 0 Å². The second-order valence-electron chi connectivity index (χ2n) is 5.52. The molecule has 0 unspecified atom stereocenters. The van der Waals surface area contributed by atoms with E-state index in [4.69, 9.17) is 4.89 Å². The maximum Gasteiger partial charge on any atom is 0.513 e. The van der Waals surface area contributed by atoms with Crippen molar-refractivity contribution in [3.05, 3.63) is 0 Å². The van der Waals surface area contributed by atoms with Crippen molar-refractivity contribution in [3.8, 4) is 0 Å². The molecule has 1 N–H and O–H groups in total. The van der Waals surface area contributed by atoms with Crippen molar-refractivity contribution < 1.29 is 36.3 Å². The Morgan fingerprint density at radius 3 is 1.09 bits per heavy atom. The fraction of sp³-hybridized carbons (Fsp3) is 1.00. The lowest BCUT2D eigenvalue weighted by Gasteiger charge is -2.16. The van der Waals surface area contributed by atoms with Crippen molar-refractivity contribution in [1.29, 1.82) is 0 Å². The molecule has 0 bridgehead atoms. The van der Waals surface area contributed by atoms with E-state index in [1.165, 1.54) is 0 Å². The van der Waals surface area contributed by atoms with E-state index < -0.39 is 27.9 Å². The van der Waals surface area contributed by atoms with Gasteiger partial charge in [-0.3, -0.25) is 18.1 Å². The summed E-state index contributed by atoms with van der Waals surface area (Å²) < 4.78 is 52.5. The van der Waals surface area contributed by atoms with E-state index >= 15 is 0 Å². The third-order valence-corrected chi connectivity index (χ3v) is 4.08. The fourth-order valence-corrected chi connectivity index (χ4v) is 3.26. The maximum atomic E-state index is 12.7. The number of phosphoric acid groups is 1. The Hall–Kier alpha value is 0.190. The first-order chi connectivity index (χ1) is 9.67. The van der Waals surface area contributed by atoms with Crippen molar-refractivity contribution in [2.24, 2.45) is 0 Å². The molecule has 0 aliphatic heterocycles. The van der Waals surface area contributed by atoms with Gasteiger partial charge in [0.15, 0.2) is 0 Å². The van der Waals surface area contributed by atoms with Gasteiger partial charge in [0.2, 0.25) is 0 Å². The highest BCUT2D eigenvalue weighted by atomic mass is 31.2. The zero-order chi connectivity index (χ0) is 18.1. The van der Waals surface area contributed by atoms with Crippen LogP contribution >= 0.6 is 15.7 Å². The summed E-state index contributed by atoms with van der Waals surface area (Å²) in [6, 6.07) is 0. The zero-order valence-corrected chi connectivity index (χ0v) is 16.3. The molecule has 0 saturated heterocycles. The minimum atomic E-state index is -4.30. The molecular weight excluding hydrogens is 337 g/mol. The van der Waals surface area contributed by atoms with Crippen molar-refractivity contribution in [1.82, 2.24) is 0 Å². The molecule has 0 aromatic carbocycles. The van der Waals surface area contributed by atoms with Gasteiger partial charge >= 0.3 is 15.7 Å². The van der Waals surface area contributed by atoms with Gasteiger partial charge in [-0.15, -0.1) is 4.20 Å². The SMILES string of the molecule is CC(C)OP(=O)(F)OC(C)C.CC(C)OP(=O)(O)OC(C)C. The van der Waals surface area contributed by atoms with Crippen LogP contribution in [0, 0.1) is 0 Å². The van der Waals surface area contributed by atoms with Gasteiger partial charge in [-0.1, -0.05) is 0 Å². The number of phosphoric ester groups is 1. The van der Waals surface area contributed by atoms with E-state index in [1.807, 2.05) is 0 Å². The van der Waals surface area contributed by atoms with Gasteiger partial charge in [0.25, 0.3) is 0 Å². The van der Waals surface area contributed by atoms with Gasteiger partial charge in [0.1, 0.15) is 0 Å². The Morgan fingerprint density at radius 1 is 0.682 bits per heavy atom. The van der Waals surface area contributed by atoms with Crippen molar-refractivity contribution in [2.45, 2.75) is 79.8 Å². The number of halogens is 1. The molecule has 10 heteroatoms. The van der Waals surface area contributed by atoms with Gasteiger partial charge in [0.05, 0.1) is 24.4 Å². The summed E-state index contributed by atoms with van der Waals surface area (Å²) in [6.07, 6.45) is -1.46. The lowest BCUT2D eigenvalue weighted by atomic mass is 10.5. The molecule has 136 valence electrons. The third kappa shape index (κ3) is 18.2. The number of hydrogen-bond acceptors (Lipinski definition) is 6.